The van der Waals surface area contributed by atoms with Gasteiger partial charge in [0, 0.05) is 33.7 Å². The lowest BCUT2D eigenvalue weighted by molar-refractivity contribution is 0.0244. The largest absolute Gasteiger partial charge is 0.474 e. The molecule has 0 aromatic carbocycles. The van der Waals surface area contributed by atoms with Crippen LogP contribution in [0.5, 0.6) is 5.88 Å². The molecule has 0 saturated carbocycles. The fraction of sp³-hybridized carbons (Fsp3) is 0.611. The maximum absolute atomic E-state index is 9.56. The Morgan fingerprint density at radius 1 is 1.33 bits per heavy atom. The fourth-order valence-corrected chi connectivity index (χ4v) is 3.80. The molecule has 3 rings (SSSR count). The Hall–Kier alpha value is -1.66. The van der Waals surface area contributed by atoms with E-state index in [-0.39, 0.29) is 11.4 Å². The quantitative estimate of drug-likeness (QED) is 0.393. The minimum absolute atomic E-state index is 0.00389. The Morgan fingerprint density at radius 3 is 2.74 bits per heavy atom. The second-order valence-electron chi connectivity index (χ2n) is 7.90. The third-order valence-electron chi connectivity index (χ3n) is 4.45. The van der Waals surface area contributed by atoms with E-state index in [0.717, 1.165) is 18.9 Å². The van der Waals surface area contributed by atoms with E-state index in [1.54, 1.807) is 10.8 Å². The van der Waals surface area contributed by atoms with Gasteiger partial charge in [-0.15, -0.1) is 0 Å². The molecule has 2 aromatic rings. The molecule has 0 spiro atoms. The molecule has 1 saturated heterocycles. The number of fused-ring (bicyclic) bond motifs is 1. The van der Waals surface area contributed by atoms with E-state index < -0.39 is 8.07 Å². The monoisotopic (exact) mass is 408 g/mol. The molecule has 0 unspecified atom stereocenters. The van der Waals surface area contributed by atoms with Gasteiger partial charge in [0.15, 0.2) is 5.65 Å². The summed E-state index contributed by atoms with van der Waals surface area (Å²) in [5.41, 5.74) is 1.01. The van der Waals surface area contributed by atoms with Gasteiger partial charge in [-0.1, -0.05) is 19.6 Å². The molecule has 0 N–H and O–H groups in total. The zero-order valence-corrected chi connectivity index (χ0v) is 17.8. The first-order valence-electron chi connectivity index (χ1n) is 9.16. The van der Waals surface area contributed by atoms with Gasteiger partial charge in [-0.25, -0.2) is 0 Å². The maximum atomic E-state index is 9.56. The van der Waals surface area contributed by atoms with E-state index in [1.807, 2.05) is 0 Å². The molecule has 1 fully saturated rings. The summed E-state index contributed by atoms with van der Waals surface area (Å²) in [6, 6.07) is 3.28. The maximum Gasteiger partial charge on any atom is 0.229 e. The molecule has 1 aliphatic rings. The van der Waals surface area contributed by atoms with Gasteiger partial charge in [0.05, 0.1) is 24.2 Å². The number of halogens is 1. The molecular weight excluding hydrogens is 384 g/mol. The SMILES string of the molecule is C[Si](C)(C)CCOCn1cc(C#N)c2c(OC3CCOCC3)nc(Cl)nc21. The van der Waals surface area contributed by atoms with Crippen LogP contribution in [0.15, 0.2) is 6.20 Å². The summed E-state index contributed by atoms with van der Waals surface area (Å²) in [6.07, 6.45) is 3.29. The summed E-state index contributed by atoms with van der Waals surface area (Å²) < 4.78 is 19.0. The van der Waals surface area contributed by atoms with Gasteiger partial charge in [-0.05, 0) is 17.6 Å². The summed E-state index contributed by atoms with van der Waals surface area (Å²) in [6.45, 7) is 9.23. The summed E-state index contributed by atoms with van der Waals surface area (Å²) in [5, 5.41) is 10.2. The first-order valence-corrected chi connectivity index (χ1v) is 13.2. The van der Waals surface area contributed by atoms with E-state index in [9.17, 15) is 5.26 Å². The summed E-state index contributed by atoms with van der Waals surface area (Å²) in [5.74, 6) is 0.356. The Bertz CT molecular complexity index is 838. The van der Waals surface area contributed by atoms with E-state index >= 15 is 0 Å². The Balaban J connectivity index is 1.84. The normalized spacial score (nSPS) is 15.8. The second kappa shape index (κ2) is 8.57. The Labute approximate surface area is 165 Å². The zero-order chi connectivity index (χ0) is 19.4. The van der Waals surface area contributed by atoms with Gasteiger partial charge >= 0.3 is 0 Å². The van der Waals surface area contributed by atoms with E-state index in [2.05, 4.69) is 35.7 Å². The van der Waals surface area contributed by atoms with Gasteiger partial charge in [-0.3, -0.25) is 0 Å². The van der Waals surface area contributed by atoms with Gasteiger partial charge in [0.2, 0.25) is 11.2 Å². The van der Waals surface area contributed by atoms with Crippen LogP contribution >= 0.6 is 11.6 Å². The van der Waals surface area contributed by atoms with Crippen molar-refractivity contribution < 1.29 is 14.2 Å². The number of nitriles is 1. The highest BCUT2D eigenvalue weighted by atomic mass is 35.5. The van der Waals surface area contributed by atoms with Gasteiger partial charge in [-0.2, -0.15) is 15.2 Å². The topological polar surface area (TPSA) is 82.2 Å². The first kappa shape index (κ1) is 20.1. The standard InChI is InChI=1S/C18H25ClN4O3Si/c1-27(2,3)9-8-25-12-23-11-13(10-20)15-16(23)21-18(19)22-17(15)26-14-4-6-24-7-5-14/h11,14H,4-9,12H2,1-3H3. The molecule has 0 radical (unpaired) electrons. The van der Waals surface area contributed by atoms with Crippen LogP contribution in [0, 0.1) is 11.3 Å². The van der Waals surface area contributed by atoms with Crippen LogP contribution in [0.3, 0.4) is 0 Å². The second-order valence-corrected chi connectivity index (χ2v) is 13.9. The molecule has 1 aliphatic heterocycles. The summed E-state index contributed by atoms with van der Waals surface area (Å²) in [4.78, 5) is 8.55. The molecule has 146 valence electrons. The van der Waals surface area contributed by atoms with Crippen molar-refractivity contribution in [3.8, 4) is 11.9 Å². The zero-order valence-electron chi connectivity index (χ0n) is 16.0. The Kier molecular flexibility index (Phi) is 6.37. The predicted molar refractivity (Wildman–Crippen MR) is 106 cm³/mol. The number of aromatic nitrogens is 3. The average Bonchev–Trinajstić information content (AvgIpc) is 2.96. The van der Waals surface area contributed by atoms with Crippen molar-refractivity contribution in [2.24, 2.45) is 0 Å². The van der Waals surface area contributed by atoms with Crippen molar-refractivity contribution in [2.75, 3.05) is 19.8 Å². The van der Waals surface area contributed by atoms with Crippen molar-refractivity contribution in [3.63, 3.8) is 0 Å². The molecule has 3 heterocycles. The van der Waals surface area contributed by atoms with Gasteiger partial charge in [0.25, 0.3) is 0 Å². The van der Waals surface area contributed by atoms with Crippen LogP contribution in [0.4, 0.5) is 0 Å². The lowest BCUT2D eigenvalue weighted by atomic mass is 10.1. The predicted octanol–water partition coefficient (Wildman–Crippen LogP) is 3.83. The first-order chi connectivity index (χ1) is 12.9. The molecule has 27 heavy (non-hydrogen) atoms. The van der Waals surface area contributed by atoms with E-state index in [0.29, 0.717) is 49.0 Å². The van der Waals surface area contributed by atoms with Crippen molar-refractivity contribution in [1.82, 2.24) is 14.5 Å². The molecular formula is C18H25ClN4O3Si. The fourth-order valence-electron chi connectivity index (χ4n) is 2.89. The van der Waals surface area contributed by atoms with Crippen molar-refractivity contribution in [1.29, 1.82) is 5.26 Å². The lowest BCUT2D eigenvalue weighted by Crippen LogP contribution is -2.26. The number of rotatable bonds is 7. The lowest BCUT2D eigenvalue weighted by Gasteiger charge is -2.23. The minimum atomic E-state index is -1.16. The van der Waals surface area contributed by atoms with Gasteiger partial charge in [0.1, 0.15) is 18.9 Å². The smallest absolute Gasteiger partial charge is 0.229 e. The van der Waals surface area contributed by atoms with Crippen molar-refractivity contribution >= 4 is 30.7 Å². The average molecular weight is 409 g/mol. The highest BCUT2D eigenvalue weighted by Crippen LogP contribution is 2.31. The summed E-state index contributed by atoms with van der Waals surface area (Å²) in [7, 11) is -1.16. The van der Waals surface area contributed by atoms with E-state index in [4.69, 9.17) is 25.8 Å². The molecule has 7 nitrogen and oxygen atoms in total. The van der Waals surface area contributed by atoms with Crippen LogP contribution in [0.2, 0.25) is 31.0 Å². The number of hydrogen-bond donors (Lipinski definition) is 0. The molecule has 0 bridgehead atoms. The molecule has 0 amide bonds. The van der Waals surface area contributed by atoms with Crippen molar-refractivity contribution in [3.05, 3.63) is 17.0 Å². The van der Waals surface area contributed by atoms with Crippen LogP contribution < -0.4 is 4.74 Å². The molecule has 2 aromatic heterocycles. The molecule has 9 heteroatoms. The third-order valence-corrected chi connectivity index (χ3v) is 6.32. The number of hydrogen-bond acceptors (Lipinski definition) is 6. The minimum Gasteiger partial charge on any atom is -0.474 e. The van der Waals surface area contributed by atoms with Crippen LogP contribution in [0.1, 0.15) is 18.4 Å². The van der Waals surface area contributed by atoms with Crippen LogP contribution in [-0.4, -0.2) is 48.5 Å². The molecule has 0 atom stereocenters. The van der Waals surface area contributed by atoms with Crippen LogP contribution in [-0.2, 0) is 16.2 Å². The number of nitrogens with zero attached hydrogens (tertiary/aromatic N) is 4. The van der Waals surface area contributed by atoms with E-state index in [1.165, 1.54) is 0 Å². The third kappa shape index (κ3) is 5.20. The highest BCUT2D eigenvalue weighted by molar-refractivity contribution is 6.76. The highest BCUT2D eigenvalue weighted by Gasteiger charge is 2.22. The van der Waals surface area contributed by atoms with Crippen LogP contribution in [0.25, 0.3) is 11.0 Å². The summed E-state index contributed by atoms with van der Waals surface area (Å²) >= 11 is 6.13. The number of ether oxygens (including phenoxy) is 3. The molecule has 0 aliphatic carbocycles. The van der Waals surface area contributed by atoms with Gasteiger partial charge < -0.3 is 18.8 Å². The van der Waals surface area contributed by atoms with Crippen molar-refractivity contribution in [2.45, 2.75) is 51.4 Å². The Morgan fingerprint density at radius 2 is 2.07 bits per heavy atom.